The van der Waals surface area contributed by atoms with Crippen molar-refractivity contribution in [3.8, 4) is 5.75 Å². The second-order valence-electron chi connectivity index (χ2n) is 7.74. The lowest BCUT2D eigenvalue weighted by Crippen LogP contribution is -2.37. The first-order chi connectivity index (χ1) is 15.1. The van der Waals surface area contributed by atoms with E-state index < -0.39 is 0 Å². The number of unbranched alkanes of at least 4 members (excludes halogenated alkanes) is 2. The Bertz CT molecular complexity index is 1020. The van der Waals surface area contributed by atoms with Crippen molar-refractivity contribution in [1.29, 1.82) is 0 Å². The molecular formula is C24H27ClN2O3S. The molecule has 2 heterocycles. The van der Waals surface area contributed by atoms with E-state index >= 15 is 0 Å². The van der Waals surface area contributed by atoms with Gasteiger partial charge >= 0.3 is 0 Å². The minimum Gasteiger partial charge on any atom is -0.494 e. The molecule has 2 aromatic carbocycles. The molecule has 1 saturated heterocycles. The number of ether oxygens (including phenoxy) is 2. The van der Waals surface area contributed by atoms with Gasteiger partial charge in [0.1, 0.15) is 5.75 Å². The zero-order valence-electron chi connectivity index (χ0n) is 17.7. The molecule has 0 saturated carbocycles. The van der Waals surface area contributed by atoms with Gasteiger partial charge in [0.2, 0.25) is 0 Å². The van der Waals surface area contributed by atoms with Crippen molar-refractivity contribution < 1.29 is 14.3 Å². The van der Waals surface area contributed by atoms with Gasteiger partial charge in [-0.3, -0.25) is 9.69 Å². The minimum absolute atomic E-state index is 0.0284. The fourth-order valence-electron chi connectivity index (χ4n) is 3.63. The highest BCUT2D eigenvalue weighted by Crippen LogP contribution is 2.32. The van der Waals surface area contributed by atoms with Crippen LogP contribution in [0.2, 0.25) is 5.02 Å². The molecule has 0 aliphatic carbocycles. The molecule has 1 atom stereocenters. The number of anilines is 1. The van der Waals surface area contributed by atoms with Gasteiger partial charge in [0.15, 0.2) is 5.13 Å². The van der Waals surface area contributed by atoms with E-state index in [2.05, 4.69) is 6.92 Å². The molecule has 7 heteroatoms. The number of carbonyl (C=O) groups is 1. The molecule has 0 bridgehead atoms. The van der Waals surface area contributed by atoms with E-state index in [1.807, 2.05) is 42.5 Å². The molecule has 164 valence electrons. The third-order valence-corrected chi connectivity index (χ3v) is 6.62. The number of hydrogen-bond donors (Lipinski definition) is 0. The van der Waals surface area contributed by atoms with E-state index in [-0.39, 0.29) is 12.0 Å². The second kappa shape index (κ2) is 10.4. The van der Waals surface area contributed by atoms with E-state index in [1.165, 1.54) is 11.3 Å². The summed E-state index contributed by atoms with van der Waals surface area (Å²) in [6, 6.07) is 13.0. The maximum absolute atomic E-state index is 13.5. The normalized spacial score (nSPS) is 16.0. The van der Waals surface area contributed by atoms with Crippen LogP contribution in [0.3, 0.4) is 0 Å². The smallest absolute Gasteiger partial charge is 0.260 e. The molecule has 1 aliphatic heterocycles. The minimum atomic E-state index is -0.0850. The van der Waals surface area contributed by atoms with Crippen LogP contribution < -0.4 is 9.64 Å². The average molecular weight is 459 g/mol. The summed E-state index contributed by atoms with van der Waals surface area (Å²) in [5.41, 5.74) is 1.45. The Balaban J connectivity index is 1.54. The Hall–Kier alpha value is -2.15. The standard InChI is InChI=1S/C24H27ClN2O3S/c1-2-3-4-13-29-19-10-7-17(8-11-19)23(28)27(16-20-6-5-14-30-20)24-26-21-12-9-18(25)15-22(21)31-24/h7-12,15,20H,2-6,13-14,16H2,1H3. The molecule has 5 nitrogen and oxygen atoms in total. The summed E-state index contributed by atoms with van der Waals surface area (Å²) in [6.45, 7) is 4.09. The van der Waals surface area contributed by atoms with Crippen molar-refractivity contribution >= 4 is 44.2 Å². The summed E-state index contributed by atoms with van der Waals surface area (Å²) >= 11 is 7.61. The van der Waals surface area contributed by atoms with Crippen LogP contribution in [0.25, 0.3) is 10.2 Å². The third kappa shape index (κ3) is 5.56. The quantitative estimate of drug-likeness (QED) is 0.351. The molecule has 1 aliphatic rings. The second-order valence-corrected chi connectivity index (χ2v) is 9.18. The number of fused-ring (bicyclic) bond motifs is 1. The monoisotopic (exact) mass is 458 g/mol. The number of benzene rings is 2. The number of halogens is 1. The van der Waals surface area contributed by atoms with Gasteiger partial charge < -0.3 is 9.47 Å². The molecule has 1 amide bonds. The van der Waals surface area contributed by atoms with E-state index in [9.17, 15) is 4.79 Å². The molecular weight excluding hydrogens is 432 g/mol. The zero-order valence-corrected chi connectivity index (χ0v) is 19.3. The van der Waals surface area contributed by atoms with Gasteiger partial charge in [0.05, 0.1) is 29.5 Å². The van der Waals surface area contributed by atoms with Gasteiger partial charge in [0.25, 0.3) is 5.91 Å². The molecule has 31 heavy (non-hydrogen) atoms. The van der Waals surface area contributed by atoms with Crippen LogP contribution in [0, 0.1) is 0 Å². The summed E-state index contributed by atoms with van der Waals surface area (Å²) in [6.07, 6.45) is 5.35. The maximum Gasteiger partial charge on any atom is 0.260 e. The Morgan fingerprint density at radius 3 is 2.84 bits per heavy atom. The maximum atomic E-state index is 13.5. The summed E-state index contributed by atoms with van der Waals surface area (Å²) in [5.74, 6) is 0.700. The van der Waals surface area contributed by atoms with Gasteiger partial charge in [-0.25, -0.2) is 4.98 Å². The molecule has 1 aromatic heterocycles. The number of aromatic nitrogens is 1. The Labute approximate surface area is 191 Å². The summed E-state index contributed by atoms with van der Waals surface area (Å²) in [5, 5.41) is 1.33. The lowest BCUT2D eigenvalue weighted by Gasteiger charge is -2.23. The fraction of sp³-hybridized carbons (Fsp3) is 0.417. The lowest BCUT2D eigenvalue weighted by molar-refractivity contribution is 0.0917. The number of amides is 1. The van der Waals surface area contributed by atoms with E-state index in [0.717, 1.165) is 54.7 Å². The van der Waals surface area contributed by atoms with Gasteiger partial charge in [-0.2, -0.15) is 0 Å². The van der Waals surface area contributed by atoms with Crippen molar-refractivity contribution in [1.82, 2.24) is 4.98 Å². The van der Waals surface area contributed by atoms with Crippen LogP contribution in [0.1, 0.15) is 49.4 Å². The number of carbonyl (C=O) groups excluding carboxylic acids is 1. The van der Waals surface area contributed by atoms with Crippen molar-refractivity contribution in [3.63, 3.8) is 0 Å². The van der Waals surface area contributed by atoms with Crippen LogP contribution in [-0.4, -0.2) is 36.8 Å². The van der Waals surface area contributed by atoms with Gasteiger partial charge in [-0.15, -0.1) is 0 Å². The Kier molecular flexibility index (Phi) is 7.43. The van der Waals surface area contributed by atoms with Crippen LogP contribution in [0.15, 0.2) is 42.5 Å². The van der Waals surface area contributed by atoms with Crippen molar-refractivity contribution in [2.45, 2.75) is 45.1 Å². The molecule has 4 rings (SSSR count). The summed E-state index contributed by atoms with van der Waals surface area (Å²) in [7, 11) is 0. The van der Waals surface area contributed by atoms with Crippen LogP contribution in [0.4, 0.5) is 5.13 Å². The summed E-state index contributed by atoms with van der Waals surface area (Å²) < 4.78 is 12.5. The number of rotatable bonds is 9. The number of hydrogen-bond acceptors (Lipinski definition) is 5. The van der Waals surface area contributed by atoms with Gasteiger partial charge in [-0.05, 0) is 61.7 Å². The average Bonchev–Trinajstić information content (AvgIpc) is 3.44. The highest BCUT2D eigenvalue weighted by molar-refractivity contribution is 7.22. The zero-order chi connectivity index (χ0) is 21.6. The first-order valence-corrected chi connectivity index (χ1v) is 12.1. The van der Waals surface area contributed by atoms with Gasteiger partial charge in [-0.1, -0.05) is 42.7 Å². The Morgan fingerprint density at radius 2 is 2.10 bits per heavy atom. The van der Waals surface area contributed by atoms with Crippen LogP contribution in [-0.2, 0) is 4.74 Å². The van der Waals surface area contributed by atoms with E-state index in [0.29, 0.717) is 28.9 Å². The van der Waals surface area contributed by atoms with Crippen LogP contribution in [0.5, 0.6) is 5.75 Å². The SMILES string of the molecule is CCCCCOc1ccc(C(=O)N(CC2CCCO2)c2nc3ccc(Cl)cc3s2)cc1. The molecule has 1 unspecified atom stereocenters. The third-order valence-electron chi connectivity index (χ3n) is 5.34. The predicted octanol–water partition coefficient (Wildman–Crippen LogP) is 6.34. The largest absolute Gasteiger partial charge is 0.494 e. The van der Waals surface area contributed by atoms with Gasteiger partial charge in [0, 0.05) is 17.2 Å². The molecule has 0 radical (unpaired) electrons. The van der Waals surface area contributed by atoms with E-state index in [4.69, 9.17) is 26.1 Å². The Morgan fingerprint density at radius 1 is 1.26 bits per heavy atom. The van der Waals surface area contributed by atoms with Crippen molar-refractivity contribution in [2.24, 2.45) is 0 Å². The van der Waals surface area contributed by atoms with Crippen LogP contribution >= 0.6 is 22.9 Å². The first-order valence-electron chi connectivity index (χ1n) is 10.9. The van der Waals surface area contributed by atoms with Crippen molar-refractivity contribution in [2.75, 3.05) is 24.7 Å². The number of nitrogens with zero attached hydrogens (tertiary/aromatic N) is 2. The lowest BCUT2D eigenvalue weighted by atomic mass is 10.1. The molecule has 0 spiro atoms. The summed E-state index contributed by atoms with van der Waals surface area (Å²) in [4.78, 5) is 19.9. The molecule has 1 fully saturated rings. The van der Waals surface area contributed by atoms with E-state index in [1.54, 1.807) is 4.90 Å². The predicted molar refractivity (Wildman–Crippen MR) is 127 cm³/mol. The fourth-order valence-corrected chi connectivity index (χ4v) is 4.88. The highest BCUT2D eigenvalue weighted by Gasteiger charge is 2.27. The first kappa shape index (κ1) is 22.1. The topological polar surface area (TPSA) is 51.7 Å². The molecule has 3 aromatic rings. The molecule has 0 N–H and O–H groups in total. The number of thiazole rings is 1. The highest BCUT2D eigenvalue weighted by atomic mass is 35.5. The van der Waals surface area contributed by atoms with Crippen molar-refractivity contribution in [3.05, 3.63) is 53.1 Å².